The van der Waals surface area contributed by atoms with Crippen LogP contribution in [0.4, 0.5) is 5.82 Å². The van der Waals surface area contributed by atoms with Gasteiger partial charge in [0, 0.05) is 6.54 Å². The topological polar surface area (TPSA) is 67.7 Å². The summed E-state index contributed by atoms with van der Waals surface area (Å²) in [4.78, 5) is 8.82. The maximum Gasteiger partial charge on any atom is 0.168 e. The maximum absolute atomic E-state index is 4.49. The fourth-order valence-corrected chi connectivity index (χ4v) is 3.31. The Morgan fingerprint density at radius 1 is 1.21 bits per heavy atom. The number of aromatic nitrogens is 4. The molecule has 0 aliphatic carbocycles. The van der Waals surface area contributed by atoms with Crippen molar-refractivity contribution in [2.75, 3.05) is 25.0 Å². The molecule has 2 N–H and O–H groups in total. The van der Waals surface area contributed by atoms with Gasteiger partial charge in [-0.25, -0.2) is 14.6 Å². The Hall–Kier alpha value is -2.47. The molecule has 1 unspecified atom stereocenters. The molecule has 0 spiro atoms. The number of anilines is 1. The number of hydrogen-bond acceptors (Lipinski definition) is 5. The van der Waals surface area contributed by atoms with Gasteiger partial charge in [0.15, 0.2) is 5.65 Å². The Bertz CT molecular complexity index is 792. The summed E-state index contributed by atoms with van der Waals surface area (Å²) in [5.74, 6) is 1.63. The predicted octanol–water partition coefficient (Wildman–Crippen LogP) is 2.62. The number of rotatable bonds is 5. The monoisotopic (exact) mass is 322 g/mol. The maximum atomic E-state index is 4.49. The second kappa shape index (κ2) is 6.97. The van der Waals surface area contributed by atoms with Crippen molar-refractivity contribution in [3.8, 4) is 5.69 Å². The molecule has 0 bridgehead atoms. The first kappa shape index (κ1) is 15.1. The van der Waals surface area contributed by atoms with Crippen LogP contribution in [0.5, 0.6) is 0 Å². The van der Waals surface area contributed by atoms with Crippen LogP contribution >= 0.6 is 0 Å². The fourth-order valence-electron chi connectivity index (χ4n) is 3.31. The second-order valence-corrected chi connectivity index (χ2v) is 6.28. The lowest BCUT2D eigenvalue weighted by Gasteiger charge is -2.22. The van der Waals surface area contributed by atoms with Crippen LogP contribution in [0, 0.1) is 5.92 Å². The van der Waals surface area contributed by atoms with Crippen LogP contribution in [0.25, 0.3) is 16.7 Å². The molecular formula is C18H22N6. The minimum atomic E-state index is 0.760. The van der Waals surface area contributed by atoms with Gasteiger partial charge in [-0.2, -0.15) is 5.10 Å². The van der Waals surface area contributed by atoms with Gasteiger partial charge in [0.1, 0.15) is 12.1 Å². The number of para-hydroxylation sites is 1. The molecule has 24 heavy (non-hydrogen) atoms. The van der Waals surface area contributed by atoms with Gasteiger partial charge in [0.25, 0.3) is 0 Å². The number of piperidine rings is 1. The van der Waals surface area contributed by atoms with Crippen LogP contribution in [0.1, 0.15) is 19.3 Å². The lowest BCUT2D eigenvalue weighted by molar-refractivity contribution is 0.364. The highest BCUT2D eigenvalue weighted by molar-refractivity contribution is 5.87. The Kier molecular flexibility index (Phi) is 4.38. The molecule has 4 rings (SSSR count). The molecule has 124 valence electrons. The van der Waals surface area contributed by atoms with Gasteiger partial charge in [0.2, 0.25) is 0 Å². The third-order valence-electron chi connectivity index (χ3n) is 4.61. The third kappa shape index (κ3) is 3.10. The largest absolute Gasteiger partial charge is 0.369 e. The van der Waals surface area contributed by atoms with Crippen molar-refractivity contribution in [3.63, 3.8) is 0 Å². The van der Waals surface area contributed by atoms with Crippen molar-refractivity contribution >= 4 is 16.9 Å². The van der Waals surface area contributed by atoms with Gasteiger partial charge in [0.05, 0.1) is 17.3 Å². The minimum Gasteiger partial charge on any atom is -0.369 e. The number of nitrogens with one attached hydrogen (secondary N) is 2. The van der Waals surface area contributed by atoms with E-state index >= 15 is 0 Å². The quantitative estimate of drug-likeness (QED) is 0.756. The van der Waals surface area contributed by atoms with Gasteiger partial charge < -0.3 is 10.6 Å². The van der Waals surface area contributed by atoms with Crippen molar-refractivity contribution < 1.29 is 0 Å². The van der Waals surface area contributed by atoms with Crippen molar-refractivity contribution in [1.29, 1.82) is 0 Å². The normalized spacial score (nSPS) is 17.9. The summed E-state index contributed by atoms with van der Waals surface area (Å²) in [6.45, 7) is 3.22. The van der Waals surface area contributed by atoms with Gasteiger partial charge >= 0.3 is 0 Å². The molecule has 1 aliphatic heterocycles. The first-order chi connectivity index (χ1) is 11.9. The van der Waals surface area contributed by atoms with E-state index in [0.29, 0.717) is 0 Å². The van der Waals surface area contributed by atoms with E-state index in [9.17, 15) is 0 Å². The van der Waals surface area contributed by atoms with Gasteiger partial charge in [-0.1, -0.05) is 18.2 Å². The Balaban J connectivity index is 1.51. The smallest absolute Gasteiger partial charge is 0.168 e. The van der Waals surface area contributed by atoms with Gasteiger partial charge in [-0.3, -0.25) is 0 Å². The summed E-state index contributed by atoms with van der Waals surface area (Å²) in [7, 11) is 0. The summed E-state index contributed by atoms with van der Waals surface area (Å²) in [6.07, 6.45) is 7.21. The number of nitrogens with zero attached hydrogens (tertiary/aromatic N) is 4. The van der Waals surface area contributed by atoms with Crippen molar-refractivity contribution in [1.82, 2.24) is 25.1 Å². The lowest BCUT2D eigenvalue weighted by atomic mass is 9.96. The SMILES string of the molecule is c1ccc(-n2ncc3c(NCCC4CCCNC4)ncnc32)cc1. The molecule has 3 heterocycles. The summed E-state index contributed by atoms with van der Waals surface area (Å²) in [6, 6.07) is 10.1. The Morgan fingerprint density at radius 2 is 2.12 bits per heavy atom. The average Bonchev–Trinajstić information content (AvgIpc) is 3.08. The summed E-state index contributed by atoms with van der Waals surface area (Å²) in [5, 5.41) is 12.4. The van der Waals surface area contributed by atoms with E-state index in [4.69, 9.17) is 0 Å². The van der Waals surface area contributed by atoms with Gasteiger partial charge in [-0.05, 0) is 50.4 Å². The lowest BCUT2D eigenvalue weighted by Crippen LogP contribution is -2.30. The van der Waals surface area contributed by atoms with Crippen LogP contribution in [-0.2, 0) is 0 Å². The molecule has 0 saturated carbocycles. The van der Waals surface area contributed by atoms with Crippen molar-refractivity contribution in [3.05, 3.63) is 42.9 Å². The molecule has 1 fully saturated rings. The summed E-state index contributed by atoms with van der Waals surface area (Å²) >= 11 is 0. The predicted molar refractivity (Wildman–Crippen MR) is 95.4 cm³/mol. The van der Waals surface area contributed by atoms with Crippen molar-refractivity contribution in [2.45, 2.75) is 19.3 Å². The summed E-state index contributed by atoms with van der Waals surface area (Å²) in [5.41, 5.74) is 1.84. The Labute approximate surface area is 141 Å². The van der Waals surface area contributed by atoms with E-state index < -0.39 is 0 Å². The van der Waals surface area contributed by atoms with Gasteiger partial charge in [-0.15, -0.1) is 0 Å². The second-order valence-electron chi connectivity index (χ2n) is 6.28. The highest BCUT2D eigenvalue weighted by Gasteiger charge is 2.14. The van der Waals surface area contributed by atoms with E-state index in [1.54, 1.807) is 6.33 Å². The minimum absolute atomic E-state index is 0.760. The van der Waals surface area contributed by atoms with Crippen LogP contribution in [-0.4, -0.2) is 39.4 Å². The molecule has 1 aliphatic rings. The zero-order valence-corrected chi connectivity index (χ0v) is 13.7. The molecule has 6 heteroatoms. The third-order valence-corrected chi connectivity index (χ3v) is 4.61. The van der Waals surface area contributed by atoms with Crippen LogP contribution in [0.3, 0.4) is 0 Å². The first-order valence-corrected chi connectivity index (χ1v) is 8.60. The molecular weight excluding hydrogens is 300 g/mol. The fraction of sp³-hybridized carbons (Fsp3) is 0.389. The molecule has 0 amide bonds. The molecule has 0 radical (unpaired) electrons. The van der Waals surface area contributed by atoms with Crippen LogP contribution in [0.15, 0.2) is 42.9 Å². The molecule has 1 aromatic carbocycles. The number of fused-ring (bicyclic) bond motifs is 1. The zero-order chi connectivity index (χ0) is 16.2. The highest BCUT2D eigenvalue weighted by Crippen LogP contribution is 2.22. The van der Waals surface area contributed by atoms with Crippen LogP contribution in [0.2, 0.25) is 0 Å². The van der Waals surface area contributed by atoms with Crippen molar-refractivity contribution in [2.24, 2.45) is 5.92 Å². The van der Waals surface area contributed by atoms with E-state index in [-0.39, 0.29) is 0 Å². The summed E-state index contributed by atoms with van der Waals surface area (Å²) < 4.78 is 1.85. The van der Waals surface area contributed by atoms with Crippen LogP contribution < -0.4 is 10.6 Å². The van der Waals surface area contributed by atoms with E-state index in [2.05, 4.69) is 25.7 Å². The number of hydrogen-bond donors (Lipinski definition) is 2. The molecule has 6 nitrogen and oxygen atoms in total. The average molecular weight is 322 g/mol. The van der Waals surface area contributed by atoms with E-state index in [1.807, 2.05) is 41.2 Å². The standard InChI is InChI=1S/C18H22N6/c1-2-6-15(7-3-1)24-18-16(12-23-24)17(21-13-22-18)20-10-8-14-5-4-9-19-11-14/h1-3,6-7,12-14,19H,4-5,8-11H2,(H,20,21,22). The van der Waals surface area contributed by atoms with E-state index in [0.717, 1.165) is 54.5 Å². The Morgan fingerprint density at radius 3 is 2.96 bits per heavy atom. The molecule has 2 aromatic heterocycles. The molecule has 1 saturated heterocycles. The highest BCUT2D eigenvalue weighted by atomic mass is 15.3. The first-order valence-electron chi connectivity index (χ1n) is 8.60. The number of benzene rings is 1. The molecule has 3 aromatic rings. The zero-order valence-electron chi connectivity index (χ0n) is 13.7. The van der Waals surface area contributed by atoms with E-state index in [1.165, 1.54) is 12.8 Å². The molecule has 1 atom stereocenters.